The fourth-order valence-corrected chi connectivity index (χ4v) is 2.79. The van der Waals surface area contributed by atoms with Gasteiger partial charge >= 0.3 is 0 Å². The number of carbonyl (C=O) groups is 1. The molecule has 1 amide bonds. The van der Waals surface area contributed by atoms with Crippen LogP contribution in [0.25, 0.3) is 0 Å². The van der Waals surface area contributed by atoms with Crippen LogP contribution in [0.2, 0.25) is 0 Å². The minimum absolute atomic E-state index is 0.136. The van der Waals surface area contributed by atoms with Gasteiger partial charge in [-0.2, -0.15) is 5.10 Å². The van der Waals surface area contributed by atoms with Gasteiger partial charge < -0.3 is 5.11 Å². The highest BCUT2D eigenvalue weighted by atomic mass is 16.3. The number of hydrazone groups is 1. The third-order valence-corrected chi connectivity index (χ3v) is 3.94. The molecule has 0 saturated heterocycles. The quantitative estimate of drug-likeness (QED) is 0.919. The van der Waals surface area contributed by atoms with Crippen LogP contribution in [0.5, 0.6) is 5.75 Å². The minimum atomic E-state index is -0.256. The van der Waals surface area contributed by atoms with Gasteiger partial charge in [0.15, 0.2) is 0 Å². The Morgan fingerprint density at radius 1 is 1.14 bits per heavy atom. The standard InChI is InChI=1S/C18H18N2O2/c1-12-7-3-4-8-14(12)18(22)20-16(11-13(2)19-20)15-9-5-6-10-17(15)21/h3-10,16,21H,11H2,1-2H3. The smallest absolute Gasteiger partial charge is 0.274 e. The zero-order chi connectivity index (χ0) is 15.7. The third-order valence-electron chi connectivity index (χ3n) is 3.94. The van der Waals surface area contributed by atoms with Crippen molar-refractivity contribution in [1.29, 1.82) is 0 Å². The van der Waals surface area contributed by atoms with Gasteiger partial charge in [0, 0.05) is 23.3 Å². The van der Waals surface area contributed by atoms with Gasteiger partial charge in [-0.3, -0.25) is 4.79 Å². The molecular formula is C18H18N2O2. The second kappa shape index (κ2) is 5.64. The molecule has 2 aromatic carbocycles. The summed E-state index contributed by atoms with van der Waals surface area (Å²) in [5.74, 6) is 0.0585. The van der Waals surface area contributed by atoms with Gasteiger partial charge in [-0.05, 0) is 31.5 Å². The molecule has 4 nitrogen and oxygen atoms in total. The molecule has 0 radical (unpaired) electrons. The second-order valence-corrected chi connectivity index (χ2v) is 5.58. The van der Waals surface area contributed by atoms with E-state index in [0.717, 1.165) is 16.8 Å². The topological polar surface area (TPSA) is 52.9 Å². The van der Waals surface area contributed by atoms with E-state index in [1.807, 2.05) is 50.2 Å². The van der Waals surface area contributed by atoms with Crippen LogP contribution in [0, 0.1) is 6.92 Å². The molecule has 1 aliphatic rings. The summed E-state index contributed by atoms with van der Waals surface area (Å²) < 4.78 is 0. The van der Waals surface area contributed by atoms with Crippen LogP contribution in [0.4, 0.5) is 0 Å². The van der Waals surface area contributed by atoms with Crippen molar-refractivity contribution in [2.75, 3.05) is 0 Å². The van der Waals surface area contributed by atoms with Crippen molar-refractivity contribution < 1.29 is 9.90 Å². The summed E-state index contributed by atoms with van der Waals surface area (Å²) in [6.07, 6.45) is 0.634. The normalized spacial score (nSPS) is 17.5. The average molecular weight is 294 g/mol. The Labute approximate surface area is 129 Å². The van der Waals surface area contributed by atoms with Gasteiger partial charge in [0.05, 0.1) is 6.04 Å². The van der Waals surface area contributed by atoms with Crippen molar-refractivity contribution in [3.05, 3.63) is 65.2 Å². The van der Waals surface area contributed by atoms with Crippen molar-refractivity contribution in [1.82, 2.24) is 5.01 Å². The van der Waals surface area contributed by atoms with E-state index in [1.54, 1.807) is 12.1 Å². The van der Waals surface area contributed by atoms with Crippen molar-refractivity contribution in [3.8, 4) is 5.75 Å². The number of para-hydroxylation sites is 1. The van der Waals surface area contributed by atoms with Crippen LogP contribution in [0.3, 0.4) is 0 Å². The molecule has 1 atom stereocenters. The molecular weight excluding hydrogens is 276 g/mol. The van der Waals surface area contributed by atoms with Crippen LogP contribution in [-0.4, -0.2) is 21.7 Å². The van der Waals surface area contributed by atoms with Gasteiger partial charge in [-0.15, -0.1) is 0 Å². The van der Waals surface area contributed by atoms with Gasteiger partial charge in [0.1, 0.15) is 5.75 Å². The Morgan fingerprint density at radius 2 is 1.82 bits per heavy atom. The molecule has 1 unspecified atom stereocenters. The lowest BCUT2D eigenvalue weighted by Crippen LogP contribution is -2.27. The number of amides is 1. The van der Waals surface area contributed by atoms with Crippen LogP contribution in [0.15, 0.2) is 53.6 Å². The second-order valence-electron chi connectivity index (χ2n) is 5.58. The predicted octanol–water partition coefficient (Wildman–Crippen LogP) is 3.66. The number of hydrogen-bond donors (Lipinski definition) is 1. The lowest BCUT2D eigenvalue weighted by Gasteiger charge is -2.23. The highest BCUT2D eigenvalue weighted by Crippen LogP contribution is 2.36. The molecule has 4 heteroatoms. The van der Waals surface area contributed by atoms with E-state index >= 15 is 0 Å². The van der Waals surface area contributed by atoms with E-state index in [9.17, 15) is 9.90 Å². The Morgan fingerprint density at radius 3 is 2.55 bits per heavy atom. The van der Waals surface area contributed by atoms with E-state index < -0.39 is 0 Å². The first-order valence-corrected chi connectivity index (χ1v) is 7.29. The molecule has 0 fully saturated rings. The monoisotopic (exact) mass is 294 g/mol. The number of phenols is 1. The predicted molar refractivity (Wildman–Crippen MR) is 85.9 cm³/mol. The molecule has 0 aromatic heterocycles. The fourth-order valence-electron chi connectivity index (χ4n) is 2.79. The summed E-state index contributed by atoms with van der Waals surface area (Å²) in [6, 6.07) is 14.3. The molecule has 0 aliphatic carbocycles. The van der Waals surface area contributed by atoms with Crippen molar-refractivity contribution in [2.45, 2.75) is 26.3 Å². The summed E-state index contributed by atoms with van der Waals surface area (Å²) in [6.45, 7) is 3.81. The van der Waals surface area contributed by atoms with E-state index in [1.165, 1.54) is 5.01 Å². The largest absolute Gasteiger partial charge is 0.508 e. The third kappa shape index (κ3) is 2.48. The number of aromatic hydroxyl groups is 1. The number of carbonyl (C=O) groups excluding carboxylic acids is 1. The van der Waals surface area contributed by atoms with Crippen molar-refractivity contribution in [2.24, 2.45) is 5.10 Å². The van der Waals surface area contributed by atoms with E-state index in [2.05, 4.69) is 5.10 Å². The van der Waals surface area contributed by atoms with Gasteiger partial charge in [-0.1, -0.05) is 36.4 Å². The molecule has 0 saturated carbocycles. The first-order valence-electron chi connectivity index (χ1n) is 7.29. The Balaban J connectivity index is 1.99. The summed E-state index contributed by atoms with van der Waals surface area (Å²) in [4.78, 5) is 12.8. The van der Waals surface area contributed by atoms with Crippen LogP contribution < -0.4 is 0 Å². The van der Waals surface area contributed by atoms with Gasteiger partial charge in [0.25, 0.3) is 5.91 Å². The molecule has 0 bridgehead atoms. The molecule has 2 aromatic rings. The van der Waals surface area contributed by atoms with Gasteiger partial charge in [-0.25, -0.2) is 5.01 Å². The van der Waals surface area contributed by atoms with Crippen LogP contribution in [0.1, 0.15) is 40.9 Å². The van der Waals surface area contributed by atoms with E-state index in [0.29, 0.717) is 12.0 Å². The first kappa shape index (κ1) is 14.3. The fraction of sp³-hybridized carbons (Fsp3) is 0.222. The Hall–Kier alpha value is -2.62. The first-order chi connectivity index (χ1) is 10.6. The zero-order valence-corrected chi connectivity index (χ0v) is 12.7. The maximum atomic E-state index is 12.8. The molecule has 0 spiro atoms. The SMILES string of the molecule is CC1=NN(C(=O)c2ccccc2C)C(c2ccccc2O)C1. The molecule has 3 rings (SSSR count). The van der Waals surface area contributed by atoms with E-state index in [-0.39, 0.29) is 17.7 Å². The number of rotatable bonds is 2. The number of aryl methyl sites for hydroxylation is 1. The number of nitrogens with zero attached hydrogens (tertiary/aromatic N) is 2. The highest BCUT2D eigenvalue weighted by Gasteiger charge is 2.33. The highest BCUT2D eigenvalue weighted by molar-refractivity contribution is 5.98. The molecule has 1 aliphatic heterocycles. The lowest BCUT2D eigenvalue weighted by atomic mass is 10.00. The maximum Gasteiger partial charge on any atom is 0.274 e. The Bertz CT molecular complexity index is 752. The number of hydrogen-bond acceptors (Lipinski definition) is 3. The van der Waals surface area contributed by atoms with Crippen LogP contribution in [-0.2, 0) is 0 Å². The van der Waals surface area contributed by atoms with Crippen molar-refractivity contribution >= 4 is 11.6 Å². The summed E-state index contributed by atoms with van der Waals surface area (Å²) in [5.41, 5.74) is 3.17. The number of phenolic OH excluding ortho intramolecular Hbond substituents is 1. The summed E-state index contributed by atoms with van der Waals surface area (Å²) in [7, 11) is 0. The minimum Gasteiger partial charge on any atom is -0.508 e. The maximum absolute atomic E-state index is 12.8. The number of benzene rings is 2. The Kier molecular flexibility index (Phi) is 3.67. The molecule has 1 heterocycles. The molecule has 112 valence electrons. The van der Waals surface area contributed by atoms with Crippen molar-refractivity contribution in [3.63, 3.8) is 0 Å². The summed E-state index contributed by atoms with van der Waals surface area (Å²) >= 11 is 0. The lowest BCUT2D eigenvalue weighted by molar-refractivity contribution is 0.0709. The zero-order valence-electron chi connectivity index (χ0n) is 12.7. The summed E-state index contributed by atoms with van der Waals surface area (Å²) in [5, 5.41) is 16.0. The average Bonchev–Trinajstić information content (AvgIpc) is 2.89. The van der Waals surface area contributed by atoms with Gasteiger partial charge in [0.2, 0.25) is 0 Å². The van der Waals surface area contributed by atoms with Crippen LogP contribution >= 0.6 is 0 Å². The van der Waals surface area contributed by atoms with E-state index in [4.69, 9.17) is 0 Å². The molecule has 22 heavy (non-hydrogen) atoms. The molecule has 1 N–H and O–H groups in total.